The van der Waals surface area contributed by atoms with Crippen molar-refractivity contribution in [2.45, 2.75) is 26.2 Å². The summed E-state index contributed by atoms with van der Waals surface area (Å²) in [6.07, 6.45) is 3.78. The molecule has 1 aliphatic carbocycles. The van der Waals surface area contributed by atoms with Gasteiger partial charge in [0.25, 0.3) is 0 Å². The van der Waals surface area contributed by atoms with Crippen LogP contribution < -0.4 is 0 Å². The molecule has 0 aliphatic heterocycles. The molecule has 0 saturated heterocycles. The van der Waals surface area contributed by atoms with E-state index in [9.17, 15) is 9.90 Å². The monoisotopic (exact) mass is 196 g/mol. The number of aliphatic hydroxyl groups excluding tert-OH is 1. The van der Waals surface area contributed by atoms with Gasteiger partial charge in [-0.2, -0.15) is 0 Å². The number of hydrogen-bond acceptors (Lipinski definition) is 3. The maximum Gasteiger partial charge on any atom is 0.337 e. The summed E-state index contributed by atoms with van der Waals surface area (Å²) in [5.41, 5.74) is 0.435. The van der Waals surface area contributed by atoms with Crippen molar-refractivity contribution in [3.63, 3.8) is 0 Å². The number of carbonyl (C=O) groups excluding carboxylic acids is 1. The van der Waals surface area contributed by atoms with Crippen LogP contribution in [0.25, 0.3) is 0 Å². The fourth-order valence-corrected chi connectivity index (χ4v) is 1.59. The van der Waals surface area contributed by atoms with Crippen LogP contribution in [0.2, 0.25) is 0 Å². The van der Waals surface area contributed by atoms with E-state index in [0.717, 1.165) is 6.42 Å². The van der Waals surface area contributed by atoms with Gasteiger partial charge in [0.1, 0.15) is 5.76 Å². The Balaban J connectivity index is 2.69. The molecule has 1 aliphatic rings. The lowest BCUT2D eigenvalue weighted by Crippen LogP contribution is -2.16. The molecule has 0 saturated carbocycles. The molecule has 1 rings (SSSR count). The Labute approximate surface area is 84.1 Å². The van der Waals surface area contributed by atoms with Crippen molar-refractivity contribution in [3.05, 3.63) is 24.0 Å². The molecule has 0 bridgehead atoms. The highest BCUT2D eigenvalue weighted by atomic mass is 16.5. The fourth-order valence-electron chi connectivity index (χ4n) is 1.59. The molecule has 1 atom stereocenters. The number of ether oxygens (including phenoxy) is 1. The second-order valence-electron chi connectivity index (χ2n) is 3.38. The van der Waals surface area contributed by atoms with Gasteiger partial charge < -0.3 is 9.84 Å². The standard InChI is InChI=1S/C11H16O3/c1-3-8-5-6-9(10(12)7-8)11(13)14-4-2/h3,8,12H,1,4-7H2,2H3/t8-/m0/s1. The minimum atomic E-state index is -0.382. The van der Waals surface area contributed by atoms with Gasteiger partial charge in [0.2, 0.25) is 0 Å². The van der Waals surface area contributed by atoms with E-state index in [4.69, 9.17) is 4.74 Å². The summed E-state index contributed by atoms with van der Waals surface area (Å²) in [5, 5.41) is 9.60. The summed E-state index contributed by atoms with van der Waals surface area (Å²) in [6.45, 7) is 5.78. The van der Waals surface area contributed by atoms with Crippen LogP contribution in [-0.4, -0.2) is 17.7 Å². The first kappa shape index (κ1) is 10.8. The number of rotatable bonds is 3. The predicted octanol–water partition coefficient (Wildman–Crippen LogP) is 2.35. The van der Waals surface area contributed by atoms with Gasteiger partial charge in [0.05, 0.1) is 12.2 Å². The van der Waals surface area contributed by atoms with Gasteiger partial charge in [0, 0.05) is 6.42 Å². The highest BCUT2D eigenvalue weighted by Gasteiger charge is 2.23. The molecular formula is C11H16O3. The average Bonchev–Trinajstić information content (AvgIpc) is 2.17. The Morgan fingerprint density at radius 1 is 1.79 bits per heavy atom. The van der Waals surface area contributed by atoms with E-state index < -0.39 is 0 Å². The smallest absolute Gasteiger partial charge is 0.337 e. The largest absolute Gasteiger partial charge is 0.512 e. The first-order valence-electron chi connectivity index (χ1n) is 4.89. The number of esters is 1. The van der Waals surface area contributed by atoms with E-state index in [1.165, 1.54) is 0 Å². The minimum absolute atomic E-state index is 0.166. The summed E-state index contributed by atoms with van der Waals surface area (Å²) >= 11 is 0. The summed E-state index contributed by atoms with van der Waals surface area (Å²) < 4.78 is 4.84. The zero-order valence-electron chi connectivity index (χ0n) is 8.45. The van der Waals surface area contributed by atoms with Gasteiger partial charge in [-0.1, -0.05) is 6.08 Å². The molecule has 0 aromatic carbocycles. The van der Waals surface area contributed by atoms with Gasteiger partial charge in [-0.25, -0.2) is 4.79 Å². The number of allylic oxidation sites excluding steroid dienone is 2. The molecule has 78 valence electrons. The third-order valence-corrected chi connectivity index (χ3v) is 2.42. The Bertz CT molecular complexity index is 266. The van der Waals surface area contributed by atoms with Crippen LogP contribution in [0.1, 0.15) is 26.2 Å². The Morgan fingerprint density at radius 3 is 3.00 bits per heavy atom. The van der Waals surface area contributed by atoms with Crippen LogP contribution in [0.4, 0.5) is 0 Å². The molecule has 0 amide bonds. The van der Waals surface area contributed by atoms with E-state index in [-0.39, 0.29) is 17.6 Å². The Morgan fingerprint density at radius 2 is 2.50 bits per heavy atom. The van der Waals surface area contributed by atoms with Gasteiger partial charge in [-0.3, -0.25) is 0 Å². The number of carbonyl (C=O) groups is 1. The van der Waals surface area contributed by atoms with Crippen molar-refractivity contribution in [2.24, 2.45) is 5.92 Å². The molecule has 3 heteroatoms. The molecule has 0 spiro atoms. The van der Waals surface area contributed by atoms with E-state index in [0.29, 0.717) is 25.0 Å². The van der Waals surface area contributed by atoms with Crippen LogP contribution in [0, 0.1) is 5.92 Å². The minimum Gasteiger partial charge on any atom is -0.512 e. The molecule has 0 aromatic heterocycles. The van der Waals surface area contributed by atoms with Gasteiger partial charge in [-0.05, 0) is 25.7 Å². The van der Waals surface area contributed by atoms with Crippen molar-refractivity contribution in [1.29, 1.82) is 0 Å². The third-order valence-electron chi connectivity index (χ3n) is 2.42. The van der Waals surface area contributed by atoms with Gasteiger partial charge >= 0.3 is 5.97 Å². The van der Waals surface area contributed by atoms with E-state index in [2.05, 4.69) is 6.58 Å². The van der Waals surface area contributed by atoms with Gasteiger partial charge in [-0.15, -0.1) is 6.58 Å². The van der Waals surface area contributed by atoms with Crippen molar-refractivity contribution in [1.82, 2.24) is 0 Å². The summed E-state index contributed by atoms with van der Waals surface area (Å²) in [5.74, 6) is 0.0697. The highest BCUT2D eigenvalue weighted by molar-refractivity contribution is 5.89. The second-order valence-corrected chi connectivity index (χ2v) is 3.38. The molecule has 14 heavy (non-hydrogen) atoms. The first-order chi connectivity index (χ1) is 6.69. The topological polar surface area (TPSA) is 46.5 Å². The van der Waals surface area contributed by atoms with Crippen LogP contribution in [0.15, 0.2) is 24.0 Å². The van der Waals surface area contributed by atoms with Crippen LogP contribution in [-0.2, 0) is 9.53 Å². The Kier molecular flexibility index (Phi) is 3.74. The van der Waals surface area contributed by atoms with Crippen molar-refractivity contribution < 1.29 is 14.6 Å². The molecule has 0 aromatic rings. The maximum atomic E-state index is 11.3. The van der Waals surface area contributed by atoms with E-state index in [1.807, 2.05) is 6.08 Å². The zero-order chi connectivity index (χ0) is 10.6. The molecule has 0 fully saturated rings. The molecule has 0 radical (unpaired) electrons. The predicted molar refractivity (Wildman–Crippen MR) is 53.8 cm³/mol. The van der Waals surface area contributed by atoms with E-state index >= 15 is 0 Å². The lowest BCUT2D eigenvalue weighted by atomic mass is 9.88. The summed E-state index contributed by atoms with van der Waals surface area (Å²) in [4.78, 5) is 11.3. The SMILES string of the molecule is C=C[C@H]1CCC(C(=O)OCC)=C(O)C1. The number of aliphatic hydroxyl groups is 1. The lowest BCUT2D eigenvalue weighted by molar-refractivity contribution is -0.139. The first-order valence-corrected chi connectivity index (χ1v) is 4.89. The lowest BCUT2D eigenvalue weighted by Gasteiger charge is -2.20. The van der Waals surface area contributed by atoms with Crippen molar-refractivity contribution in [2.75, 3.05) is 6.61 Å². The molecular weight excluding hydrogens is 180 g/mol. The fraction of sp³-hybridized carbons (Fsp3) is 0.545. The Hall–Kier alpha value is -1.25. The highest BCUT2D eigenvalue weighted by Crippen LogP contribution is 2.29. The average molecular weight is 196 g/mol. The summed E-state index contributed by atoms with van der Waals surface area (Å²) in [7, 11) is 0. The van der Waals surface area contributed by atoms with Gasteiger partial charge in [0.15, 0.2) is 0 Å². The molecule has 1 N–H and O–H groups in total. The van der Waals surface area contributed by atoms with Crippen LogP contribution in [0.3, 0.4) is 0 Å². The van der Waals surface area contributed by atoms with Crippen molar-refractivity contribution in [3.8, 4) is 0 Å². The maximum absolute atomic E-state index is 11.3. The third kappa shape index (κ3) is 2.37. The number of hydrogen-bond donors (Lipinski definition) is 1. The quantitative estimate of drug-likeness (QED) is 0.556. The van der Waals surface area contributed by atoms with E-state index in [1.54, 1.807) is 6.92 Å². The normalized spacial score (nSPS) is 21.9. The zero-order valence-corrected chi connectivity index (χ0v) is 8.45. The second kappa shape index (κ2) is 4.84. The summed E-state index contributed by atoms with van der Waals surface area (Å²) in [6, 6.07) is 0. The van der Waals surface area contributed by atoms with Crippen LogP contribution >= 0.6 is 0 Å². The molecule has 0 heterocycles. The van der Waals surface area contributed by atoms with Crippen LogP contribution in [0.5, 0.6) is 0 Å². The molecule has 0 unspecified atom stereocenters. The van der Waals surface area contributed by atoms with Crippen molar-refractivity contribution >= 4 is 5.97 Å². The molecule has 3 nitrogen and oxygen atoms in total.